The van der Waals surface area contributed by atoms with Crippen molar-refractivity contribution in [2.75, 3.05) is 20.1 Å². The van der Waals surface area contributed by atoms with Gasteiger partial charge in [-0.3, -0.25) is 9.89 Å². The van der Waals surface area contributed by atoms with Crippen LogP contribution in [0.15, 0.2) is 17.1 Å². The van der Waals surface area contributed by atoms with E-state index in [9.17, 15) is 5.11 Å². The van der Waals surface area contributed by atoms with Gasteiger partial charge in [0, 0.05) is 44.3 Å². The van der Waals surface area contributed by atoms with Crippen molar-refractivity contribution in [3.8, 4) is 5.75 Å². The number of nitrogens with one attached hydrogen (secondary N) is 2. The Morgan fingerprint density at radius 2 is 1.93 bits per heavy atom. The molecular weight excluding hydrogens is 463 g/mol. The predicted molar refractivity (Wildman–Crippen MR) is 126 cm³/mol. The first kappa shape index (κ1) is 21.7. The summed E-state index contributed by atoms with van der Waals surface area (Å²) in [6, 6.07) is 5.22. The van der Waals surface area contributed by atoms with Crippen molar-refractivity contribution in [1.82, 2.24) is 15.5 Å². The molecule has 1 aliphatic heterocycles. The van der Waals surface area contributed by atoms with Gasteiger partial charge >= 0.3 is 0 Å². The molecule has 1 aromatic rings. The van der Waals surface area contributed by atoms with Crippen LogP contribution >= 0.6 is 24.0 Å². The number of benzene rings is 1. The van der Waals surface area contributed by atoms with Crippen molar-refractivity contribution in [3.63, 3.8) is 0 Å². The van der Waals surface area contributed by atoms with E-state index in [0.29, 0.717) is 18.3 Å². The van der Waals surface area contributed by atoms with Gasteiger partial charge in [-0.05, 0) is 62.1 Å². The molecule has 1 unspecified atom stereocenters. The summed E-state index contributed by atoms with van der Waals surface area (Å²) in [5.74, 6) is 1.26. The Hall–Kier alpha value is -1.02. The highest BCUT2D eigenvalue weighted by atomic mass is 127. The quantitative estimate of drug-likeness (QED) is 0.338. The van der Waals surface area contributed by atoms with Crippen LogP contribution in [0.2, 0.25) is 0 Å². The minimum absolute atomic E-state index is 0. The van der Waals surface area contributed by atoms with E-state index < -0.39 is 0 Å². The van der Waals surface area contributed by atoms with Crippen LogP contribution in [0.5, 0.6) is 5.75 Å². The third kappa shape index (κ3) is 4.93. The van der Waals surface area contributed by atoms with Crippen LogP contribution in [-0.4, -0.2) is 48.2 Å². The summed E-state index contributed by atoms with van der Waals surface area (Å²) < 4.78 is 0. The molecule has 5 nitrogen and oxygen atoms in total. The summed E-state index contributed by atoms with van der Waals surface area (Å²) in [5.41, 5.74) is 3.80. The zero-order valence-electron chi connectivity index (χ0n) is 17.0. The van der Waals surface area contributed by atoms with Crippen LogP contribution in [-0.2, 0) is 19.4 Å². The third-order valence-corrected chi connectivity index (χ3v) is 6.68. The Labute approximate surface area is 186 Å². The normalized spacial score (nSPS) is 23.3. The van der Waals surface area contributed by atoms with Gasteiger partial charge in [0.1, 0.15) is 5.75 Å². The van der Waals surface area contributed by atoms with E-state index in [4.69, 9.17) is 0 Å². The lowest BCUT2D eigenvalue weighted by molar-refractivity contribution is 0.242. The summed E-state index contributed by atoms with van der Waals surface area (Å²) in [4.78, 5) is 7.09. The first-order chi connectivity index (χ1) is 13.2. The molecule has 2 aliphatic carbocycles. The summed E-state index contributed by atoms with van der Waals surface area (Å²) in [6.45, 7) is 2.96. The van der Waals surface area contributed by atoms with Gasteiger partial charge < -0.3 is 15.7 Å². The lowest BCUT2D eigenvalue weighted by Gasteiger charge is -2.24. The van der Waals surface area contributed by atoms with Gasteiger partial charge in [0.25, 0.3) is 0 Å². The van der Waals surface area contributed by atoms with E-state index >= 15 is 0 Å². The van der Waals surface area contributed by atoms with Crippen molar-refractivity contribution >= 4 is 29.9 Å². The molecule has 4 rings (SSSR count). The number of rotatable bonds is 4. The fraction of sp³-hybridized carbons (Fsp3) is 0.682. The second-order valence-corrected chi connectivity index (χ2v) is 8.40. The molecule has 0 aromatic heterocycles. The van der Waals surface area contributed by atoms with E-state index in [1.807, 2.05) is 13.1 Å². The number of aliphatic imine (C=N–C) groups is 1. The molecule has 0 spiro atoms. The summed E-state index contributed by atoms with van der Waals surface area (Å²) in [5, 5.41) is 17.4. The molecule has 3 N–H and O–H groups in total. The lowest BCUT2D eigenvalue weighted by Crippen LogP contribution is -2.45. The van der Waals surface area contributed by atoms with Crippen LogP contribution in [0.4, 0.5) is 0 Å². The van der Waals surface area contributed by atoms with Gasteiger partial charge in [-0.2, -0.15) is 0 Å². The molecular formula is C22H35IN4O. The maximum atomic E-state index is 10.4. The van der Waals surface area contributed by atoms with Crippen LogP contribution in [0.25, 0.3) is 0 Å². The standard InChI is InChI=1S/C22H34N4O.HI/c1-23-22(25-17-12-13-26(15-17)18-7-3-4-8-18)24-14-20-19-9-5-2-6-16(19)10-11-21(20)27;/h10-11,17-18,27H,2-9,12-15H2,1H3,(H2,23,24,25);1H. The molecule has 1 aromatic carbocycles. The smallest absolute Gasteiger partial charge is 0.191 e. The predicted octanol–water partition coefficient (Wildman–Crippen LogP) is 3.57. The summed E-state index contributed by atoms with van der Waals surface area (Å²) in [7, 11) is 1.83. The highest BCUT2D eigenvalue weighted by Crippen LogP contribution is 2.30. The Morgan fingerprint density at radius 3 is 2.71 bits per heavy atom. The van der Waals surface area contributed by atoms with Gasteiger partial charge in [0.05, 0.1) is 0 Å². The second-order valence-electron chi connectivity index (χ2n) is 8.40. The number of phenolic OH excluding ortho intramolecular Hbond substituents is 1. The van der Waals surface area contributed by atoms with Gasteiger partial charge in [-0.1, -0.05) is 18.9 Å². The van der Waals surface area contributed by atoms with Crippen molar-refractivity contribution < 1.29 is 5.11 Å². The van der Waals surface area contributed by atoms with Gasteiger partial charge in [0.2, 0.25) is 0 Å². The fourth-order valence-corrected chi connectivity index (χ4v) is 5.16. The van der Waals surface area contributed by atoms with Crippen LogP contribution in [0.3, 0.4) is 0 Å². The highest BCUT2D eigenvalue weighted by molar-refractivity contribution is 14.0. The number of hydrogen-bond donors (Lipinski definition) is 3. The van der Waals surface area contributed by atoms with E-state index in [2.05, 4.69) is 26.6 Å². The molecule has 3 aliphatic rings. The molecule has 1 atom stereocenters. The molecule has 1 heterocycles. The molecule has 0 radical (unpaired) electrons. The topological polar surface area (TPSA) is 59.9 Å². The number of guanidine groups is 1. The first-order valence-corrected chi connectivity index (χ1v) is 10.8. The number of nitrogens with zero attached hydrogens (tertiary/aromatic N) is 2. The minimum Gasteiger partial charge on any atom is -0.508 e. The third-order valence-electron chi connectivity index (χ3n) is 6.68. The van der Waals surface area contributed by atoms with Gasteiger partial charge in [0.15, 0.2) is 5.96 Å². The van der Waals surface area contributed by atoms with E-state index in [1.165, 1.54) is 62.6 Å². The van der Waals surface area contributed by atoms with E-state index in [0.717, 1.165) is 37.0 Å². The monoisotopic (exact) mass is 498 g/mol. The number of aryl methyl sites for hydroxylation is 1. The van der Waals surface area contributed by atoms with Crippen molar-refractivity contribution in [2.45, 2.75) is 76.4 Å². The average molecular weight is 498 g/mol. The van der Waals surface area contributed by atoms with Crippen molar-refractivity contribution in [1.29, 1.82) is 0 Å². The van der Waals surface area contributed by atoms with E-state index in [-0.39, 0.29) is 24.0 Å². The summed E-state index contributed by atoms with van der Waals surface area (Å²) in [6.07, 6.45) is 11.4. The molecule has 0 bridgehead atoms. The Kier molecular flexibility index (Phi) is 7.85. The van der Waals surface area contributed by atoms with Crippen LogP contribution < -0.4 is 10.6 Å². The number of aromatic hydroxyl groups is 1. The molecule has 2 fully saturated rings. The first-order valence-electron chi connectivity index (χ1n) is 10.8. The Morgan fingerprint density at radius 1 is 1.14 bits per heavy atom. The summed E-state index contributed by atoms with van der Waals surface area (Å²) >= 11 is 0. The number of likely N-dealkylation sites (tertiary alicyclic amines) is 1. The number of hydrogen-bond acceptors (Lipinski definition) is 3. The second kappa shape index (κ2) is 10.1. The average Bonchev–Trinajstić information content (AvgIpc) is 3.38. The van der Waals surface area contributed by atoms with Crippen molar-refractivity contribution in [3.05, 3.63) is 28.8 Å². The number of phenols is 1. The lowest BCUT2D eigenvalue weighted by atomic mass is 9.88. The zero-order chi connectivity index (χ0) is 18.6. The Balaban J connectivity index is 0.00000225. The molecule has 28 heavy (non-hydrogen) atoms. The van der Waals surface area contributed by atoms with E-state index in [1.54, 1.807) is 0 Å². The van der Waals surface area contributed by atoms with Gasteiger partial charge in [-0.15, -0.1) is 24.0 Å². The molecule has 1 saturated heterocycles. The largest absolute Gasteiger partial charge is 0.508 e. The molecule has 156 valence electrons. The van der Waals surface area contributed by atoms with Crippen LogP contribution in [0.1, 0.15) is 61.6 Å². The number of halogens is 1. The molecule has 6 heteroatoms. The Bertz CT molecular complexity index is 687. The number of fused-ring (bicyclic) bond motifs is 1. The minimum atomic E-state index is 0. The SMILES string of the molecule is CN=C(NCc1c(O)ccc2c1CCCC2)NC1CCN(C2CCCC2)C1.I. The molecule has 0 amide bonds. The molecule has 1 saturated carbocycles. The zero-order valence-corrected chi connectivity index (χ0v) is 19.4. The van der Waals surface area contributed by atoms with Crippen molar-refractivity contribution in [2.24, 2.45) is 4.99 Å². The van der Waals surface area contributed by atoms with Crippen LogP contribution in [0, 0.1) is 0 Å². The highest BCUT2D eigenvalue weighted by Gasteiger charge is 2.30. The fourth-order valence-electron chi connectivity index (χ4n) is 5.16. The maximum Gasteiger partial charge on any atom is 0.191 e. The van der Waals surface area contributed by atoms with Gasteiger partial charge in [-0.25, -0.2) is 0 Å². The maximum absolute atomic E-state index is 10.4.